The van der Waals surface area contributed by atoms with Crippen molar-refractivity contribution >= 4 is 11.8 Å². The van der Waals surface area contributed by atoms with Gasteiger partial charge in [0.25, 0.3) is 0 Å². The average Bonchev–Trinajstić information content (AvgIpc) is 2.11. The zero-order valence-corrected chi connectivity index (χ0v) is 8.52. The van der Waals surface area contributed by atoms with Crippen LogP contribution < -0.4 is 0 Å². The predicted molar refractivity (Wildman–Crippen MR) is 64.5 cm³/mol. The first-order valence-corrected chi connectivity index (χ1v) is 4.66. The zero-order chi connectivity index (χ0) is 10.1. The standard InChI is InChI=1S/C12H14S/c1-5-7-9-11(3)13-12(4)10-8-6-2/h5-10H,1-4H2/b9-7-,10-8-. The summed E-state index contributed by atoms with van der Waals surface area (Å²) in [6, 6.07) is 0. The smallest absolute Gasteiger partial charge is 0.00497 e. The fourth-order valence-corrected chi connectivity index (χ4v) is 1.22. The molecule has 0 aromatic heterocycles. The molecule has 0 spiro atoms. The minimum Gasteiger partial charge on any atom is -0.0991 e. The maximum Gasteiger partial charge on any atom is 0.00497 e. The van der Waals surface area contributed by atoms with E-state index in [-0.39, 0.29) is 0 Å². The second kappa shape index (κ2) is 7.44. The molecule has 0 heterocycles. The van der Waals surface area contributed by atoms with E-state index in [2.05, 4.69) is 26.3 Å². The van der Waals surface area contributed by atoms with Gasteiger partial charge in [-0.1, -0.05) is 62.4 Å². The van der Waals surface area contributed by atoms with Gasteiger partial charge >= 0.3 is 0 Å². The molecule has 0 atom stereocenters. The van der Waals surface area contributed by atoms with E-state index in [9.17, 15) is 0 Å². The lowest BCUT2D eigenvalue weighted by atomic mass is 10.5. The number of hydrogen-bond donors (Lipinski definition) is 0. The minimum absolute atomic E-state index is 0.943. The van der Waals surface area contributed by atoms with Crippen molar-refractivity contribution in [2.24, 2.45) is 0 Å². The molecule has 0 aromatic carbocycles. The molecule has 0 saturated heterocycles. The van der Waals surface area contributed by atoms with Gasteiger partial charge in [-0.25, -0.2) is 0 Å². The van der Waals surface area contributed by atoms with Gasteiger partial charge in [-0.15, -0.1) is 0 Å². The van der Waals surface area contributed by atoms with Crippen LogP contribution in [-0.2, 0) is 0 Å². The lowest BCUT2D eigenvalue weighted by Crippen LogP contribution is -1.68. The Balaban J connectivity index is 3.98. The zero-order valence-electron chi connectivity index (χ0n) is 7.70. The number of allylic oxidation sites excluding steroid dienone is 6. The van der Waals surface area contributed by atoms with E-state index in [0.29, 0.717) is 0 Å². The Morgan fingerprint density at radius 3 is 1.54 bits per heavy atom. The van der Waals surface area contributed by atoms with Gasteiger partial charge in [-0.3, -0.25) is 0 Å². The van der Waals surface area contributed by atoms with Crippen molar-refractivity contribution in [3.8, 4) is 0 Å². The van der Waals surface area contributed by atoms with Gasteiger partial charge in [-0.2, -0.15) is 0 Å². The van der Waals surface area contributed by atoms with E-state index in [4.69, 9.17) is 0 Å². The SMILES string of the molecule is C=C/C=C\C(=C)SC(=C)/C=C\C=C. The van der Waals surface area contributed by atoms with Crippen molar-refractivity contribution in [1.82, 2.24) is 0 Å². The van der Waals surface area contributed by atoms with Crippen LogP contribution in [0.15, 0.2) is 72.6 Å². The van der Waals surface area contributed by atoms with E-state index < -0.39 is 0 Å². The van der Waals surface area contributed by atoms with Crippen molar-refractivity contribution in [1.29, 1.82) is 0 Å². The molecule has 0 amide bonds. The van der Waals surface area contributed by atoms with Crippen molar-refractivity contribution in [3.63, 3.8) is 0 Å². The van der Waals surface area contributed by atoms with Gasteiger partial charge in [0, 0.05) is 9.81 Å². The molecule has 0 nitrogen and oxygen atoms in total. The molecule has 1 heteroatoms. The molecule has 68 valence electrons. The maximum absolute atomic E-state index is 3.85. The Labute approximate surface area is 84.7 Å². The van der Waals surface area contributed by atoms with Crippen LogP contribution in [0.25, 0.3) is 0 Å². The van der Waals surface area contributed by atoms with E-state index in [1.807, 2.05) is 24.3 Å². The summed E-state index contributed by atoms with van der Waals surface area (Å²) in [6.07, 6.45) is 10.9. The van der Waals surface area contributed by atoms with Crippen LogP contribution in [-0.4, -0.2) is 0 Å². The third-order valence-corrected chi connectivity index (χ3v) is 1.90. The highest BCUT2D eigenvalue weighted by molar-refractivity contribution is 8.07. The number of hydrogen-bond acceptors (Lipinski definition) is 1. The second-order valence-corrected chi connectivity index (χ2v) is 3.48. The first-order chi connectivity index (χ1) is 6.20. The van der Waals surface area contributed by atoms with Gasteiger partial charge in [0.2, 0.25) is 0 Å². The molecule has 0 saturated carbocycles. The van der Waals surface area contributed by atoms with Crippen LogP contribution in [0.3, 0.4) is 0 Å². The first-order valence-electron chi connectivity index (χ1n) is 3.84. The molecule has 0 bridgehead atoms. The van der Waals surface area contributed by atoms with Gasteiger partial charge in [-0.05, 0) is 12.2 Å². The molecule has 0 aliphatic heterocycles. The quantitative estimate of drug-likeness (QED) is 0.565. The summed E-state index contributed by atoms with van der Waals surface area (Å²) in [5, 5.41) is 0. The molecule has 0 unspecified atom stereocenters. The summed E-state index contributed by atoms with van der Waals surface area (Å²) in [6.45, 7) is 14.8. The molecule has 0 aromatic rings. The fraction of sp³-hybridized carbons (Fsp3) is 0. The fourth-order valence-electron chi connectivity index (χ4n) is 0.587. The van der Waals surface area contributed by atoms with Gasteiger partial charge < -0.3 is 0 Å². The maximum atomic E-state index is 3.85. The highest BCUT2D eigenvalue weighted by Crippen LogP contribution is 2.24. The van der Waals surface area contributed by atoms with Gasteiger partial charge in [0.1, 0.15) is 0 Å². The number of thioether (sulfide) groups is 1. The lowest BCUT2D eigenvalue weighted by Gasteiger charge is -1.97. The minimum atomic E-state index is 0.943. The van der Waals surface area contributed by atoms with Crippen molar-refractivity contribution < 1.29 is 0 Å². The van der Waals surface area contributed by atoms with E-state index in [0.717, 1.165) is 9.81 Å². The molecule has 0 aliphatic carbocycles. The Bertz CT molecular complexity index is 239. The second-order valence-electron chi connectivity index (χ2n) is 2.22. The van der Waals surface area contributed by atoms with Crippen LogP contribution in [0.1, 0.15) is 0 Å². The molecule has 13 heavy (non-hydrogen) atoms. The van der Waals surface area contributed by atoms with E-state index >= 15 is 0 Å². The molecule has 0 fully saturated rings. The molecule has 0 rings (SSSR count). The van der Waals surface area contributed by atoms with Crippen molar-refractivity contribution in [3.05, 3.63) is 72.6 Å². The van der Waals surface area contributed by atoms with Crippen LogP contribution in [0.5, 0.6) is 0 Å². The third kappa shape index (κ3) is 7.16. The normalized spacial score (nSPS) is 10.5. The highest BCUT2D eigenvalue weighted by atomic mass is 32.2. The van der Waals surface area contributed by atoms with Crippen LogP contribution in [0, 0.1) is 0 Å². The van der Waals surface area contributed by atoms with Crippen LogP contribution >= 0.6 is 11.8 Å². The number of rotatable bonds is 6. The molecular weight excluding hydrogens is 176 g/mol. The Morgan fingerprint density at radius 1 is 0.846 bits per heavy atom. The Kier molecular flexibility index (Phi) is 6.75. The van der Waals surface area contributed by atoms with Gasteiger partial charge in [0.05, 0.1) is 0 Å². The Hall–Kier alpha value is -1.21. The topological polar surface area (TPSA) is 0 Å². The summed E-state index contributed by atoms with van der Waals surface area (Å²) >= 11 is 1.52. The lowest BCUT2D eigenvalue weighted by molar-refractivity contribution is 1.89. The molecule has 0 aliphatic rings. The third-order valence-electron chi connectivity index (χ3n) is 1.10. The molecule has 0 radical (unpaired) electrons. The van der Waals surface area contributed by atoms with Crippen molar-refractivity contribution in [2.75, 3.05) is 0 Å². The first kappa shape index (κ1) is 11.8. The summed E-state index contributed by atoms with van der Waals surface area (Å²) in [4.78, 5) is 1.89. The molecular formula is C12H14S. The Morgan fingerprint density at radius 2 is 1.23 bits per heavy atom. The summed E-state index contributed by atoms with van der Waals surface area (Å²) in [5.41, 5.74) is 0. The van der Waals surface area contributed by atoms with Crippen LogP contribution in [0.4, 0.5) is 0 Å². The summed E-state index contributed by atoms with van der Waals surface area (Å²) < 4.78 is 0. The predicted octanol–water partition coefficient (Wildman–Crippen LogP) is 4.23. The summed E-state index contributed by atoms with van der Waals surface area (Å²) in [7, 11) is 0. The van der Waals surface area contributed by atoms with Crippen LogP contribution in [0.2, 0.25) is 0 Å². The van der Waals surface area contributed by atoms with Gasteiger partial charge in [0.15, 0.2) is 0 Å². The van der Waals surface area contributed by atoms with E-state index in [1.54, 1.807) is 12.2 Å². The monoisotopic (exact) mass is 190 g/mol. The highest BCUT2D eigenvalue weighted by Gasteiger charge is 1.90. The van der Waals surface area contributed by atoms with Crippen molar-refractivity contribution in [2.45, 2.75) is 0 Å². The summed E-state index contributed by atoms with van der Waals surface area (Å²) in [5.74, 6) is 0. The largest absolute Gasteiger partial charge is 0.0991 e. The average molecular weight is 190 g/mol. The van der Waals surface area contributed by atoms with E-state index in [1.165, 1.54) is 11.8 Å². The molecule has 0 N–H and O–H groups in total.